The van der Waals surface area contributed by atoms with Gasteiger partial charge in [0.25, 0.3) is 0 Å². The maximum absolute atomic E-state index is 13.0. The van der Waals surface area contributed by atoms with Crippen LogP contribution in [0.15, 0.2) is 35.5 Å². The van der Waals surface area contributed by atoms with Gasteiger partial charge in [0.15, 0.2) is 9.84 Å². The number of carbonyl (C=O) groups excluding carboxylic acids is 1. The van der Waals surface area contributed by atoms with E-state index in [0.717, 1.165) is 24.4 Å². The fraction of sp³-hybridized carbons (Fsp3) is 0.571. The first-order valence-corrected chi connectivity index (χ1v) is 13.3. The Morgan fingerprint density at radius 2 is 1.97 bits per heavy atom. The molecule has 1 aromatic carbocycles. The predicted molar refractivity (Wildman–Crippen MR) is 118 cm³/mol. The number of aromatic nitrogens is 3. The lowest BCUT2D eigenvalue weighted by Crippen LogP contribution is -2.44. The van der Waals surface area contributed by atoms with Gasteiger partial charge >= 0.3 is 0 Å². The maximum atomic E-state index is 13.0. The Bertz CT molecular complexity index is 1000. The summed E-state index contributed by atoms with van der Waals surface area (Å²) in [5, 5.41) is 5.25. The summed E-state index contributed by atoms with van der Waals surface area (Å²) in [7, 11) is -3.04. The van der Waals surface area contributed by atoms with Crippen molar-refractivity contribution in [2.75, 3.05) is 23.8 Å². The second-order valence-corrected chi connectivity index (χ2v) is 11.7. The lowest BCUT2D eigenvalue weighted by atomic mass is 10.1. The van der Waals surface area contributed by atoms with Crippen molar-refractivity contribution in [1.82, 2.24) is 19.7 Å². The molecule has 4 rings (SSSR count). The Morgan fingerprint density at radius 1 is 1.23 bits per heavy atom. The molecule has 0 radical (unpaired) electrons. The van der Waals surface area contributed by atoms with E-state index in [4.69, 9.17) is 4.98 Å². The van der Waals surface area contributed by atoms with Gasteiger partial charge in [-0.1, -0.05) is 43.8 Å². The van der Waals surface area contributed by atoms with Crippen molar-refractivity contribution in [2.45, 2.75) is 50.2 Å². The molecule has 0 N–H and O–H groups in total. The van der Waals surface area contributed by atoms with Crippen molar-refractivity contribution in [1.29, 1.82) is 0 Å². The van der Waals surface area contributed by atoms with Gasteiger partial charge in [-0.3, -0.25) is 4.79 Å². The summed E-state index contributed by atoms with van der Waals surface area (Å²) in [6.45, 7) is 4.66. The number of hydrogen-bond acceptors (Lipinski definition) is 6. The zero-order valence-corrected chi connectivity index (χ0v) is 19.0. The number of thioether (sulfide) groups is 1. The molecule has 1 saturated heterocycles. The summed E-state index contributed by atoms with van der Waals surface area (Å²) in [4.78, 5) is 19.5. The fourth-order valence-corrected chi connectivity index (χ4v) is 6.26. The second-order valence-electron chi connectivity index (χ2n) is 8.56. The second kappa shape index (κ2) is 8.70. The SMILES string of the molecule is CC(C)CN(C(=O)CSc1nc(C2CC2)n(-c2ccccc2)n1)C1CCS(=O)(=O)C1. The molecule has 1 unspecified atom stereocenters. The van der Waals surface area contributed by atoms with Crippen molar-refractivity contribution in [3.8, 4) is 5.69 Å². The van der Waals surface area contributed by atoms with E-state index < -0.39 is 9.84 Å². The van der Waals surface area contributed by atoms with Crippen LogP contribution < -0.4 is 0 Å². The Labute approximate surface area is 182 Å². The van der Waals surface area contributed by atoms with E-state index in [1.165, 1.54) is 11.8 Å². The highest BCUT2D eigenvalue weighted by Crippen LogP contribution is 2.40. The molecule has 2 aliphatic rings. The topological polar surface area (TPSA) is 85.2 Å². The van der Waals surface area contributed by atoms with Crippen LogP contribution in [0.2, 0.25) is 0 Å². The Kier molecular flexibility index (Phi) is 6.20. The van der Waals surface area contributed by atoms with Crippen molar-refractivity contribution < 1.29 is 13.2 Å². The lowest BCUT2D eigenvalue weighted by molar-refractivity contribution is -0.130. The van der Waals surface area contributed by atoms with Gasteiger partial charge in [0.2, 0.25) is 11.1 Å². The molecule has 7 nitrogen and oxygen atoms in total. The highest BCUT2D eigenvalue weighted by Gasteiger charge is 2.35. The number of rotatable bonds is 8. The molecular weight excluding hydrogens is 420 g/mol. The predicted octanol–water partition coefficient (Wildman–Crippen LogP) is 2.91. The van der Waals surface area contributed by atoms with Crippen LogP contribution in [0, 0.1) is 5.92 Å². The van der Waals surface area contributed by atoms with Gasteiger partial charge < -0.3 is 4.90 Å². The minimum atomic E-state index is -3.04. The minimum Gasteiger partial charge on any atom is -0.338 e. The standard InChI is InChI=1S/C21H28N4O3S2/c1-15(2)12-24(18-10-11-30(27,28)14-18)19(26)13-29-21-22-20(16-8-9-16)25(23-21)17-6-4-3-5-7-17/h3-7,15-16,18H,8-14H2,1-2H3. The highest BCUT2D eigenvalue weighted by molar-refractivity contribution is 7.99. The van der Waals surface area contributed by atoms with Crippen molar-refractivity contribution >= 4 is 27.5 Å². The zero-order valence-electron chi connectivity index (χ0n) is 17.4. The molecule has 9 heteroatoms. The monoisotopic (exact) mass is 448 g/mol. The number of nitrogens with zero attached hydrogens (tertiary/aromatic N) is 4. The number of amides is 1. The van der Waals surface area contributed by atoms with Gasteiger partial charge in [-0.05, 0) is 37.3 Å². The third-order valence-electron chi connectivity index (χ3n) is 5.41. The lowest BCUT2D eigenvalue weighted by Gasteiger charge is -2.29. The van der Waals surface area contributed by atoms with E-state index in [9.17, 15) is 13.2 Å². The van der Waals surface area contributed by atoms with E-state index in [2.05, 4.69) is 5.10 Å². The van der Waals surface area contributed by atoms with Crippen LogP contribution in [0.5, 0.6) is 0 Å². The van der Waals surface area contributed by atoms with Crippen LogP contribution in [-0.2, 0) is 14.6 Å². The average Bonchev–Trinajstić information content (AvgIpc) is 3.37. The molecule has 1 amide bonds. The summed E-state index contributed by atoms with van der Waals surface area (Å²) in [6, 6.07) is 9.71. The van der Waals surface area contributed by atoms with E-state index in [1.807, 2.05) is 48.9 Å². The molecule has 2 heterocycles. The van der Waals surface area contributed by atoms with E-state index in [0.29, 0.717) is 24.0 Å². The third-order valence-corrected chi connectivity index (χ3v) is 7.98. The van der Waals surface area contributed by atoms with E-state index in [1.54, 1.807) is 4.90 Å². The van der Waals surface area contributed by atoms with Crippen LogP contribution in [0.4, 0.5) is 0 Å². The normalized spacial score (nSPS) is 20.6. The minimum absolute atomic E-state index is 0.0418. The molecule has 30 heavy (non-hydrogen) atoms. The number of para-hydroxylation sites is 1. The van der Waals surface area contributed by atoms with E-state index in [-0.39, 0.29) is 35.1 Å². The van der Waals surface area contributed by atoms with Crippen LogP contribution in [-0.4, -0.2) is 63.8 Å². The number of benzene rings is 1. The molecule has 2 aromatic rings. The number of hydrogen-bond donors (Lipinski definition) is 0. The molecule has 0 spiro atoms. The molecule has 1 aromatic heterocycles. The van der Waals surface area contributed by atoms with Gasteiger partial charge in [-0.15, -0.1) is 5.10 Å². The molecular formula is C21H28N4O3S2. The van der Waals surface area contributed by atoms with Crippen molar-refractivity contribution in [3.63, 3.8) is 0 Å². The smallest absolute Gasteiger partial charge is 0.233 e. The molecule has 162 valence electrons. The molecule has 1 aliphatic heterocycles. The molecule has 0 bridgehead atoms. The van der Waals surface area contributed by atoms with Gasteiger partial charge in [0, 0.05) is 18.5 Å². The average molecular weight is 449 g/mol. The maximum Gasteiger partial charge on any atom is 0.233 e. The molecule has 1 atom stereocenters. The summed E-state index contributed by atoms with van der Waals surface area (Å²) >= 11 is 1.33. The van der Waals surface area contributed by atoms with Crippen LogP contribution >= 0.6 is 11.8 Å². The van der Waals surface area contributed by atoms with Crippen LogP contribution in [0.25, 0.3) is 5.69 Å². The van der Waals surface area contributed by atoms with Gasteiger partial charge in [0.1, 0.15) is 5.82 Å². The van der Waals surface area contributed by atoms with Crippen molar-refractivity contribution in [2.24, 2.45) is 5.92 Å². The quantitative estimate of drug-likeness (QED) is 0.577. The molecule has 2 fully saturated rings. The Morgan fingerprint density at radius 3 is 2.57 bits per heavy atom. The largest absolute Gasteiger partial charge is 0.338 e. The Hall–Kier alpha value is -1.87. The van der Waals surface area contributed by atoms with Crippen LogP contribution in [0.3, 0.4) is 0 Å². The number of sulfone groups is 1. The molecule has 1 aliphatic carbocycles. The summed E-state index contributed by atoms with van der Waals surface area (Å²) in [5.74, 6) is 2.08. The van der Waals surface area contributed by atoms with Gasteiger partial charge in [-0.2, -0.15) is 0 Å². The zero-order chi connectivity index (χ0) is 21.3. The van der Waals surface area contributed by atoms with Crippen LogP contribution in [0.1, 0.15) is 44.9 Å². The summed E-state index contributed by atoms with van der Waals surface area (Å²) in [5.41, 5.74) is 0.975. The highest BCUT2D eigenvalue weighted by atomic mass is 32.2. The van der Waals surface area contributed by atoms with Crippen molar-refractivity contribution in [3.05, 3.63) is 36.2 Å². The Balaban J connectivity index is 1.47. The summed E-state index contributed by atoms with van der Waals surface area (Å²) < 4.78 is 25.7. The first-order valence-electron chi connectivity index (χ1n) is 10.5. The molecule has 1 saturated carbocycles. The van der Waals surface area contributed by atoms with Gasteiger partial charge in [0.05, 0.1) is 22.9 Å². The van der Waals surface area contributed by atoms with E-state index >= 15 is 0 Å². The first-order chi connectivity index (χ1) is 14.3. The van der Waals surface area contributed by atoms with Gasteiger partial charge in [-0.25, -0.2) is 18.1 Å². The number of carbonyl (C=O) groups is 1. The fourth-order valence-electron chi connectivity index (χ4n) is 3.81. The third kappa shape index (κ3) is 5.06. The first kappa shape index (κ1) is 21.4. The summed E-state index contributed by atoms with van der Waals surface area (Å²) in [6.07, 6.45) is 2.76.